The highest BCUT2D eigenvalue weighted by atomic mass is 16.5. The number of piperidine rings is 1. The molecule has 0 saturated carbocycles. The molecule has 2 atom stereocenters. The van der Waals surface area contributed by atoms with Crippen molar-refractivity contribution in [3.05, 3.63) is 29.8 Å². The van der Waals surface area contributed by atoms with Crippen LogP contribution in [0.4, 0.5) is 0 Å². The van der Waals surface area contributed by atoms with Gasteiger partial charge in [-0.25, -0.2) is 0 Å². The van der Waals surface area contributed by atoms with E-state index < -0.39 is 6.10 Å². The van der Waals surface area contributed by atoms with Crippen molar-refractivity contribution in [1.82, 2.24) is 4.90 Å². The monoisotopic (exact) mass is 321 g/mol. The second kappa shape index (κ2) is 9.91. The van der Waals surface area contributed by atoms with Crippen LogP contribution < -0.4 is 4.74 Å². The van der Waals surface area contributed by atoms with Crippen molar-refractivity contribution in [2.45, 2.75) is 39.2 Å². The maximum Gasteiger partial charge on any atom is 0.119 e. The molecule has 1 aromatic carbocycles. The summed E-state index contributed by atoms with van der Waals surface area (Å²) in [7, 11) is 0. The van der Waals surface area contributed by atoms with Gasteiger partial charge in [0.1, 0.15) is 12.4 Å². The molecular formula is C19H31NO3. The van der Waals surface area contributed by atoms with Gasteiger partial charge < -0.3 is 19.5 Å². The van der Waals surface area contributed by atoms with Crippen LogP contribution >= 0.6 is 0 Å². The van der Waals surface area contributed by atoms with Gasteiger partial charge in [0.05, 0.1) is 19.3 Å². The van der Waals surface area contributed by atoms with Gasteiger partial charge in [-0.15, -0.1) is 0 Å². The molecular weight excluding hydrogens is 290 g/mol. The SMILES string of the molecule is CCc1ccc(OCCOCC(O)CN2CCCC(C)C2)cc1. The number of hydrogen-bond acceptors (Lipinski definition) is 4. The number of benzene rings is 1. The molecule has 0 aromatic heterocycles. The van der Waals surface area contributed by atoms with Crippen molar-refractivity contribution >= 4 is 0 Å². The van der Waals surface area contributed by atoms with Crippen molar-refractivity contribution in [2.24, 2.45) is 5.92 Å². The summed E-state index contributed by atoms with van der Waals surface area (Å²) in [4.78, 5) is 2.34. The van der Waals surface area contributed by atoms with E-state index in [1.165, 1.54) is 18.4 Å². The highest BCUT2D eigenvalue weighted by Crippen LogP contribution is 2.15. The molecule has 0 aliphatic carbocycles. The number of aliphatic hydroxyl groups is 1. The Labute approximate surface area is 140 Å². The summed E-state index contributed by atoms with van der Waals surface area (Å²) in [5, 5.41) is 10.1. The molecule has 1 aliphatic rings. The van der Waals surface area contributed by atoms with Gasteiger partial charge in [-0.2, -0.15) is 0 Å². The average molecular weight is 321 g/mol. The molecule has 1 fully saturated rings. The fourth-order valence-electron chi connectivity index (χ4n) is 3.06. The molecule has 0 bridgehead atoms. The first-order valence-corrected chi connectivity index (χ1v) is 8.87. The number of aryl methyl sites for hydroxylation is 1. The summed E-state index contributed by atoms with van der Waals surface area (Å²) in [6, 6.07) is 8.15. The van der Waals surface area contributed by atoms with Crippen LogP contribution in [0, 0.1) is 5.92 Å². The number of likely N-dealkylation sites (tertiary alicyclic amines) is 1. The van der Waals surface area contributed by atoms with Crippen molar-refractivity contribution in [3.8, 4) is 5.75 Å². The lowest BCUT2D eigenvalue weighted by Crippen LogP contribution is -2.40. The Morgan fingerprint density at radius 3 is 2.74 bits per heavy atom. The molecule has 4 nitrogen and oxygen atoms in total. The molecule has 2 unspecified atom stereocenters. The topological polar surface area (TPSA) is 41.9 Å². The molecule has 130 valence electrons. The normalized spacial score (nSPS) is 20.4. The van der Waals surface area contributed by atoms with E-state index in [9.17, 15) is 5.11 Å². The molecule has 0 radical (unpaired) electrons. The smallest absolute Gasteiger partial charge is 0.119 e. The lowest BCUT2D eigenvalue weighted by molar-refractivity contribution is 0.00223. The van der Waals surface area contributed by atoms with Crippen LogP contribution in [0.15, 0.2) is 24.3 Å². The predicted octanol–water partition coefficient (Wildman–Crippen LogP) is 2.74. The Morgan fingerprint density at radius 2 is 2.04 bits per heavy atom. The van der Waals surface area contributed by atoms with Gasteiger partial charge in [-0.05, 0) is 49.4 Å². The third-order valence-electron chi connectivity index (χ3n) is 4.35. The van der Waals surface area contributed by atoms with Gasteiger partial charge in [0, 0.05) is 13.1 Å². The van der Waals surface area contributed by atoms with Crippen molar-refractivity contribution in [1.29, 1.82) is 0 Å². The van der Waals surface area contributed by atoms with Gasteiger partial charge in [-0.1, -0.05) is 26.0 Å². The van der Waals surface area contributed by atoms with Crippen LogP contribution in [0.3, 0.4) is 0 Å². The number of rotatable bonds is 9. The van der Waals surface area contributed by atoms with E-state index in [0.717, 1.165) is 31.2 Å². The van der Waals surface area contributed by atoms with Crippen LogP contribution in [0.5, 0.6) is 5.75 Å². The van der Waals surface area contributed by atoms with E-state index >= 15 is 0 Å². The molecule has 2 rings (SSSR count). The summed E-state index contributed by atoms with van der Waals surface area (Å²) in [6.07, 6.45) is 3.17. The van der Waals surface area contributed by atoms with E-state index in [2.05, 4.69) is 30.9 Å². The first-order chi connectivity index (χ1) is 11.2. The van der Waals surface area contributed by atoms with Crippen LogP contribution in [-0.2, 0) is 11.2 Å². The molecule has 0 spiro atoms. The Bertz CT molecular complexity index is 435. The standard InChI is InChI=1S/C19H31NO3/c1-3-17-6-8-19(9-7-17)23-12-11-22-15-18(21)14-20-10-4-5-16(2)13-20/h6-9,16,18,21H,3-5,10-15H2,1-2H3. The summed E-state index contributed by atoms with van der Waals surface area (Å²) < 4.78 is 11.2. The lowest BCUT2D eigenvalue weighted by Gasteiger charge is -2.32. The Kier molecular flexibility index (Phi) is 7.86. The molecule has 0 amide bonds. The molecule has 1 aliphatic heterocycles. The first-order valence-electron chi connectivity index (χ1n) is 8.87. The van der Waals surface area contributed by atoms with E-state index in [4.69, 9.17) is 9.47 Å². The zero-order chi connectivity index (χ0) is 16.5. The van der Waals surface area contributed by atoms with Crippen LogP contribution in [-0.4, -0.2) is 55.6 Å². The summed E-state index contributed by atoms with van der Waals surface area (Å²) >= 11 is 0. The molecule has 1 N–H and O–H groups in total. The Hall–Kier alpha value is -1.10. The summed E-state index contributed by atoms with van der Waals surface area (Å²) in [6.45, 7) is 8.71. The minimum Gasteiger partial charge on any atom is -0.491 e. The van der Waals surface area contributed by atoms with Gasteiger partial charge >= 0.3 is 0 Å². The van der Waals surface area contributed by atoms with Gasteiger partial charge in [-0.3, -0.25) is 0 Å². The van der Waals surface area contributed by atoms with Crippen LogP contribution in [0.25, 0.3) is 0 Å². The maximum absolute atomic E-state index is 10.1. The third-order valence-corrected chi connectivity index (χ3v) is 4.35. The number of ether oxygens (including phenoxy) is 2. The van der Waals surface area contributed by atoms with E-state index in [-0.39, 0.29) is 0 Å². The van der Waals surface area contributed by atoms with Crippen LogP contribution in [0.2, 0.25) is 0 Å². The highest BCUT2D eigenvalue weighted by Gasteiger charge is 2.18. The first kappa shape index (κ1) is 18.2. The maximum atomic E-state index is 10.1. The molecule has 4 heteroatoms. The molecule has 1 aromatic rings. The Morgan fingerprint density at radius 1 is 1.26 bits per heavy atom. The van der Waals surface area contributed by atoms with Crippen molar-refractivity contribution in [2.75, 3.05) is 39.5 Å². The number of hydrogen-bond donors (Lipinski definition) is 1. The molecule has 1 heterocycles. The highest BCUT2D eigenvalue weighted by molar-refractivity contribution is 5.27. The molecule has 23 heavy (non-hydrogen) atoms. The minimum absolute atomic E-state index is 0.378. The van der Waals surface area contributed by atoms with Crippen LogP contribution in [0.1, 0.15) is 32.3 Å². The molecule has 1 saturated heterocycles. The van der Waals surface area contributed by atoms with Gasteiger partial charge in [0.25, 0.3) is 0 Å². The second-order valence-electron chi connectivity index (χ2n) is 6.58. The fraction of sp³-hybridized carbons (Fsp3) is 0.684. The summed E-state index contributed by atoms with van der Waals surface area (Å²) in [5.74, 6) is 1.61. The van der Waals surface area contributed by atoms with E-state index in [1.54, 1.807) is 0 Å². The average Bonchev–Trinajstić information content (AvgIpc) is 2.55. The largest absolute Gasteiger partial charge is 0.491 e. The quantitative estimate of drug-likeness (QED) is 0.710. The van der Waals surface area contributed by atoms with Crippen molar-refractivity contribution in [3.63, 3.8) is 0 Å². The van der Waals surface area contributed by atoms with Gasteiger partial charge in [0.15, 0.2) is 0 Å². The van der Waals surface area contributed by atoms with Crippen molar-refractivity contribution < 1.29 is 14.6 Å². The van der Waals surface area contributed by atoms with E-state index in [0.29, 0.717) is 26.4 Å². The zero-order valence-corrected chi connectivity index (χ0v) is 14.5. The fourth-order valence-corrected chi connectivity index (χ4v) is 3.06. The zero-order valence-electron chi connectivity index (χ0n) is 14.5. The third kappa shape index (κ3) is 6.90. The Balaban J connectivity index is 1.54. The number of nitrogens with zero attached hydrogens (tertiary/aromatic N) is 1. The lowest BCUT2D eigenvalue weighted by atomic mass is 10.0. The number of β-amino-alcohol motifs (C(OH)–C–C–N with tert-alkyl or cyclic N) is 1. The predicted molar refractivity (Wildman–Crippen MR) is 93.0 cm³/mol. The minimum atomic E-state index is -0.413. The number of aliphatic hydroxyl groups excluding tert-OH is 1. The summed E-state index contributed by atoms with van der Waals surface area (Å²) in [5.41, 5.74) is 1.31. The second-order valence-corrected chi connectivity index (χ2v) is 6.58. The van der Waals surface area contributed by atoms with E-state index in [1.807, 2.05) is 12.1 Å². The van der Waals surface area contributed by atoms with Gasteiger partial charge in [0.2, 0.25) is 0 Å².